The quantitative estimate of drug-likeness (QED) is 0.784. The topological polar surface area (TPSA) is 98.5 Å². The molecule has 1 aromatic carbocycles. The van der Waals surface area contributed by atoms with Crippen molar-refractivity contribution in [2.45, 2.75) is 0 Å². The lowest BCUT2D eigenvalue weighted by molar-refractivity contribution is -0.127. The molecule has 0 heterocycles. The van der Waals surface area contributed by atoms with Crippen molar-refractivity contribution < 1.29 is 19.1 Å². The monoisotopic (exact) mass is 304 g/mol. The molecule has 0 spiro atoms. The van der Waals surface area contributed by atoms with Gasteiger partial charge >= 0.3 is 5.97 Å². The smallest absolute Gasteiger partial charge is 0.340 e. The molecule has 0 bridgehead atoms. The third-order valence-electron chi connectivity index (χ3n) is 1.97. The van der Waals surface area contributed by atoms with E-state index >= 15 is 0 Å². The van der Waals surface area contributed by atoms with Gasteiger partial charge in [0.05, 0.1) is 22.2 Å². The van der Waals surface area contributed by atoms with Gasteiger partial charge in [-0.25, -0.2) is 4.79 Å². The van der Waals surface area contributed by atoms with Crippen molar-refractivity contribution in [1.29, 1.82) is 0 Å². The number of halogens is 2. The van der Waals surface area contributed by atoms with Gasteiger partial charge < -0.3 is 15.8 Å². The summed E-state index contributed by atoms with van der Waals surface area (Å²) in [6.07, 6.45) is 0. The number of nitrogens with two attached hydrogens (primary N) is 1. The highest BCUT2D eigenvalue weighted by Crippen LogP contribution is 2.25. The zero-order chi connectivity index (χ0) is 14.4. The molecule has 0 unspecified atom stereocenters. The van der Waals surface area contributed by atoms with E-state index in [0.29, 0.717) is 0 Å². The Hall–Kier alpha value is -1.79. The van der Waals surface area contributed by atoms with Crippen molar-refractivity contribution in [3.63, 3.8) is 0 Å². The van der Waals surface area contributed by atoms with E-state index in [1.165, 1.54) is 18.2 Å². The second kappa shape index (κ2) is 6.96. The highest BCUT2D eigenvalue weighted by molar-refractivity contribution is 6.43. The van der Waals surface area contributed by atoms with Crippen LogP contribution in [0.4, 0.5) is 0 Å². The number of primary amides is 1. The maximum atomic E-state index is 11.6. The number of nitrogens with one attached hydrogen (secondary N) is 1. The third kappa shape index (κ3) is 4.76. The molecule has 2 amide bonds. The van der Waals surface area contributed by atoms with Gasteiger partial charge in [-0.3, -0.25) is 9.59 Å². The standard InChI is InChI=1S/C11H10Cl2N2O4/c12-7-3-1-2-6(10(7)13)11(18)19-5-9(17)15-4-8(14)16/h1-3H,4-5H2,(H2,14,16)(H,15,17). The van der Waals surface area contributed by atoms with Crippen molar-refractivity contribution in [1.82, 2.24) is 5.32 Å². The minimum absolute atomic E-state index is 0.0479. The fourth-order valence-corrected chi connectivity index (χ4v) is 1.48. The predicted octanol–water partition coefficient (Wildman–Crippen LogP) is 0.752. The number of esters is 1. The maximum absolute atomic E-state index is 11.6. The molecule has 0 radical (unpaired) electrons. The van der Waals surface area contributed by atoms with Crippen LogP contribution in [-0.4, -0.2) is 30.9 Å². The Morgan fingerprint density at radius 1 is 1.26 bits per heavy atom. The minimum Gasteiger partial charge on any atom is -0.452 e. The number of hydrogen-bond donors (Lipinski definition) is 2. The van der Waals surface area contributed by atoms with Crippen LogP contribution >= 0.6 is 23.2 Å². The molecule has 0 saturated carbocycles. The molecule has 3 N–H and O–H groups in total. The van der Waals surface area contributed by atoms with Gasteiger partial charge in [0.1, 0.15) is 0 Å². The first-order chi connectivity index (χ1) is 8.91. The van der Waals surface area contributed by atoms with E-state index < -0.39 is 24.4 Å². The highest BCUT2D eigenvalue weighted by atomic mass is 35.5. The Balaban J connectivity index is 2.54. The molecule has 0 aliphatic heterocycles. The minimum atomic E-state index is -0.790. The lowest BCUT2D eigenvalue weighted by atomic mass is 10.2. The van der Waals surface area contributed by atoms with Crippen LogP contribution in [0.3, 0.4) is 0 Å². The second-order valence-corrected chi connectivity index (χ2v) is 4.21. The van der Waals surface area contributed by atoms with Crippen LogP contribution in [0, 0.1) is 0 Å². The molecule has 0 aliphatic carbocycles. The molecule has 19 heavy (non-hydrogen) atoms. The van der Waals surface area contributed by atoms with Crippen molar-refractivity contribution in [3.8, 4) is 0 Å². The number of amides is 2. The highest BCUT2D eigenvalue weighted by Gasteiger charge is 2.15. The third-order valence-corrected chi connectivity index (χ3v) is 2.78. The first-order valence-electron chi connectivity index (χ1n) is 5.08. The van der Waals surface area contributed by atoms with Gasteiger partial charge in [0.25, 0.3) is 5.91 Å². The second-order valence-electron chi connectivity index (χ2n) is 3.42. The number of carbonyl (C=O) groups is 3. The van der Waals surface area contributed by atoms with Crippen molar-refractivity contribution >= 4 is 41.0 Å². The van der Waals surface area contributed by atoms with Crippen molar-refractivity contribution in [2.75, 3.05) is 13.2 Å². The number of benzene rings is 1. The van der Waals surface area contributed by atoms with E-state index in [1.807, 2.05) is 0 Å². The first kappa shape index (κ1) is 15.3. The van der Waals surface area contributed by atoms with E-state index in [-0.39, 0.29) is 22.2 Å². The van der Waals surface area contributed by atoms with Crippen LogP contribution in [0.15, 0.2) is 18.2 Å². The molecule has 0 aliphatic rings. The number of ether oxygens (including phenoxy) is 1. The van der Waals surface area contributed by atoms with Crippen LogP contribution in [0.2, 0.25) is 10.0 Å². The lowest BCUT2D eigenvalue weighted by Gasteiger charge is -2.07. The Morgan fingerprint density at radius 2 is 1.95 bits per heavy atom. The molecule has 0 saturated heterocycles. The summed E-state index contributed by atoms with van der Waals surface area (Å²) in [6, 6.07) is 4.45. The van der Waals surface area contributed by atoms with E-state index in [2.05, 4.69) is 5.32 Å². The van der Waals surface area contributed by atoms with Crippen molar-refractivity contribution in [3.05, 3.63) is 33.8 Å². The Kier molecular flexibility index (Phi) is 5.59. The van der Waals surface area contributed by atoms with Gasteiger partial charge in [-0.1, -0.05) is 29.3 Å². The average molecular weight is 305 g/mol. The molecule has 8 heteroatoms. The Morgan fingerprint density at radius 3 is 2.58 bits per heavy atom. The molecule has 0 atom stereocenters. The summed E-state index contributed by atoms with van der Waals surface area (Å²) in [6.45, 7) is -0.872. The lowest BCUT2D eigenvalue weighted by Crippen LogP contribution is -2.36. The predicted molar refractivity (Wildman–Crippen MR) is 68.9 cm³/mol. The van der Waals surface area contributed by atoms with Gasteiger partial charge in [0.15, 0.2) is 6.61 Å². The zero-order valence-corrected chi connectivity index (χ0v) is 11.1. The van der Waals surface area contributed by atoms with E-state index in [4.69, 9.17) is 33.7 Å². The summed E-state index contributed by atoms with van der Waals surface area (Å²) >= 11 is 11.5. The zero-order valence-electron chi connectivity index (χ0n) is 9.61. The number of hydrogen-bond acceptors (Lipinski definition) is 4. The Bertz CT molecular complexity index is 519. The molecule has 0 fully saturated rings. The van der Waals surface area contributed by atoms with Crippen LogP contribution in [-0.2, 0) is 14.3 Å². The summed E-state index contributed by atoms with van der Waals surface area (Å²) in [4.78, 5) is 33.2. The summed E-state index contributed by atoms with van der Waals surface area (Å²) in [5.74, 6) is -2.13. The van der Waals surface area contributed by atoms with E-state index in [9.17, 15) is 14.4 Å². The number of carbonyl (C=O) groups excluding carboxylic acids is 3. The largest absolute Gasteiger partial charge is 0.452 e. The van der Waals surface area contributed by atoms with Gasteiger partial charge in [0, 0.05) is 0 Å². The molecule has 6 nitrogen and oxygen atoms in total. The molecular formula is C11H10Cl2N2O4. The molecule has 102 valence electrons. The summed E-state index contributed by atoms with van der Waals surface area (Å²) in [5.41, 5.74) is 4.88. The first-order valence-corrected chi connectivity index (χ1v) is 5.83. The SMILES string of the molecule is NC(=O)CNC(=O)COC(=O)c1cccc(Cl)c1Cl. The van der Waals surface area contributed by atoms with E-state index in [1.54, 1.807) is 0 Å². The maximum Gasteiger partial charge on any atom is 0.340 e. The fourth-order valence-electron chi connectivity index (χ4n) is 1.11. The average Bonchev–Trinajstić information content (AvgIpc) is 2.36. The fraction of sp³-hybridized carbons (Fsp3) is 0.182. The molecular weight excluding hydrogens is 295 g/mol. The van der Waals surface area contributed by atoms with Crippen LogP contribution < -0.4 is 11.1 Å². The molecule has 1 rings (SSSR count). The summed E-state index contributed by atoms with van der Waals surface area (Å²) in [7, 11) is 0. The molecule has 1 aromatic rings. The normalized spacial score (nSPS) is 9.79. The van der Waals surface area contributed by atoms with Crippen molar-refractivity contribution in [2.24, 2.45) is 5.73 Å². The summed E-state index contributed by atoms with van der Waals surface area (Å²) < 4.78 is 4.71. The number of rotatable bonds is 5. The van der Waals surface area contributed by atoms with Gasteiger partial charge in [0.2, 0.25) is 5.91 Å². The van der Waals surface area contributed by atoms with Crippen LogP contribution in [0.1, 0.15) is 10.4 Å². The Labute approximate surface area is 118 Å². The van der Waals surface area contributed by atoms with Gasteiger partial charge in [-0.2, -0.15) is 0 Å². The van der Waals surface area contributed by atoms with E-state index in [0.717, 1.165) is 0 Å². The van der Waals surface area contributed by atoms with Gasteiger partial charge in [-0.05, 0) is 12.1 Å². The molecule has 0 aromatic heterocycles. The van der Waals surface area contributed by atoms with Gasteiger partial charge in [-0.15, -0.1) is 0 Å². The summed E-state index contributed by atoms with van der Waals surface area (Å²) in [5, 5.41) is 2.42. The van der Waals surface area contributed by atoms with Crippen LogP contribution in [0.25, 0.3) is 0 Å². The van der Waals surface area contributed by atoms with Crippen LogP contribution in [0.5, 0.6) is 0 Å².